The number of anilines is 2. The summed E-state index contributed by atoms with van der Waals surface area (Å²) in [6, 6.07) is 5.02. The number of nitrogens with two attached hydrogens (primary N) is 3. The Morgan fingerprint density at radius 3 is 2.52 bits per heavy atom. The Balaban J connectivity index is 2.43. The molecular formula is C12H19N6O3-. The maximum Gasteiger partial charge on any atom is 0.241 e. The van der Waals surface area contributed by atoms with Crippen LogP contribution in [0.4, 0.5) is 11.4 Å². The van der Waals surface area contributed by atoms with Gasteiger partial charge in [0.1, 0.15) is 0 Å². The zero-order chi connectivity index (χ0) is 15.8. The summed E-state index contributed by atoms with van der Waals surface area (Å²) in [4.78, 5) is 15.6. The van der Waals surface area contributed by atoms with Crippen molar-refractivity contribution in [2.24, 2.45) is 22.2 Å². The molecule has 0 spiro atoms. The fourth-order valence-electron chi connectivity index (χ4n) is 1.56. The molecule has 0 saturated heterocycles. The van der Waals surface area contributed by atoms with Crippen LogP contribution >= 0.6 is 0 Å². The Kier molecular flexibility index (Phi) is 6.40. The molecule has 0 saturated carbocycles. The smallest absolute Gasteiger partial charge is 0.241 e. The van der Waals surface area contributed by atoms with Crippen molar-refractivity contribution in [2.75, 3.05) is 17.1 Å². The van der Waals surface area contributed by atoms with Crippen molar-refractivity contribution in [1.29, 1.82) is 0 Å². The number of benzene rings is 1. The van der Waals surface area contributed by atoms with Crippen molar-refractivity contribution in [3.8, 4) is 0 Å². The summed E-state index contributed by atoms with van der Waals surface area (Å²) in [5.41, 5.74) is 16.6. The lowest BCUT2D eigenvalue weighted by Crippen LogP contribution is -2.35. The molecule has 0 radical (unpaired) electrons. The van der Waals surface area contributed by atoms with Crippen LogP contribution in [0.3, 0.4) is 0 Å². The van der Waals surface area contributed by atoms with Crippen LogP contribution in [0.5, 0.6) is 0 Å². The van der Waals surface area contributed by atoms with Crippen LogP contribution in [-0.2, 0) is 4.79 Å². The summed E-state index contributed by atoms with van der Waals surface area (Å²) < 4.78 is 0. The number of nitrogens with one attached hydrogen (secondary N) is 1. The summed E-state index contributed by atoms with van der Waals surface area (Å²) >= 11 is 0. The molecule has 0 heterocycles. The van der Waals surface area contributed by atoms with Crippen molar-refractivity contribution in [3.63, 3.8) is 0 Å². The number of nitrogens with zero attached hydrogens (tertiary/aromatic N) is 2. The van der Waals surface area contributed by atoms with Gasteiger partial charge in [-0.1, -0.05) is 0 Å². The molecular weight excluding hydrogens is 276 g/mol. The van der Waals surface area contributed by atoms with Gasteiger partial charge in [-0.25, -0.2) is 0 Å². The number of aliphatic imine (C=N–C) groups is 1. The van der Waals surface area contributed by atoms with E-state index < -0.39 is 6.04 Å². The standard InChI is InChI=1S/C12H19N6O3/c13-10(2-1-7-16-12(14)15)11(19)17-8-3-5-9(6-4-8)18(20)21/h3-6,10,20H,1-2,7,13H2,(H,17,19)(H4,14,15,16)/q-1. The summed E-state index contributed by atoms with van der Waals surface area (Å²) in [5, 5.41) is 21.6. The monoisotopic (exact) mass is 295 g/mol. The first-order valence-electron chi connectivity index (χ1n) is 6.28. The molecule has 0 fully saturated rings. The molecule has 8 N–H and O–H groups in total. The predicted octanol–water partition coefficient (Wildman–Crippen LogP) is -0.301. The summed E-state index contributed by atoms with van der Waals surface area (Å²) in [7, 11) is 0. The third-order valence-electron chi connectivity index (χ3n) is 2.66. The minimum absolute atomic E-state index is 0.00409. The van der Waals surface area contributed by atoms with Crippen LogP contribution in [0.2, 0.25) is 0 Å². The Morgan fingerprint density at radius 2 is 2.00 bits per heavy atom. The Labute approximate surface area is 122 Å². The topological polar surface area (TPSA) is 166 Å². The second-order valence-electron chi connectivity index (χ2n) is 4.36. The average molecular weight is 295 g/mol. The number of rotatable bonds is 7. The van der Waals surface area contributed by atoms with Gasteiger partial charge in [0, 0.05) is 12.2 Å². The highest BCUT2D eigenvalue weighted by Crippen LogP contribution is 2.16. The molecule has 0 bridgehead atoms. The molecule has 0 aliphatic carbocycles. The first kappa shape index (κ1) is 16.7. The highest BCUT2D eigenvalue weighted by molar-refractivity contribution is 5.94. The molecule has 21 heavy (non-hydrogen) atoms. The van der Waals surface area contributed by atoms with Crippen molar-refractivity contribution < 1.29 is 10.0 Å². The van der Waals surface area contributed by atoms with Gasteiger partial charge < -0.3 is 33.0 Å². The maximum absolute atomic E-state index is 11.8. The normalized spacial score (nSPS) is 11.6. The summed E-state index contributed by atoms with van der Waals surface area (Å²) in [6.45, 7) is 0.411. The zero-order valence-corrected chi connectivity index (χ0v) is 11.4. The van der Waals surface area contributed by atoms with Gasteiger partial charge in [-0.2, -0.15) is 0 Å². The van der Waals surface area contributed by atoms with Crippen LogP contribution in [0.1, 0.15) is 12.8 Å². The van der Waals surface area contributed by atoms with Crippen LogP contribution in [0.25, 0.3) is 0 Å². The van der Waals surface area contributed by atoms with Gasteiger partial charge in [0.15, 0.2) is 5.96 Å². The molecule has 9 heteroatoms. The molecule has 1 unspecified atom stereocenters. The molecule has 0 aliphatic heterocycles. The molecule has 9 nitrogen and oxygen atoms in total. The number of carbonyl (C=O) groups is 1. The third-order valence-corrected chi connectivity index (χ3v) is 2.66. The maximum atomic E-state index is 11.8. The fourth-order valence-corrected chi connectivity index (χ4v) is 1.56. The van der Waals surface area contributed by atoms with Crippen LogP contribution < -0.4 is 27.7 Å². The van der Waals surface area contributed by atoms with Gasteiger partial charge in [-0.05, 0) is 37.1 Å². The van der Waals surface area contributed by atoms with Crippen molar-refractivity contribution >= 4 is 23.2 Å². The molecule has 1 rings (SSSR count). The number of carbonyl (C=O) groups excluding carboxylic acids is 1. The van der Waals surface area contributed by atoms with Crippen LogP contribution in [-0.4, -0.2) is 29.7 Å². The van der Waals surface area contributed by atoms with E-state index in [9.17, 15) is 10.0 Å². The predicted molar refractivity (Wildman–Crippen MR) is 80.6 cm³/mol. The molecule has 1 aromatic carbocycles. The average Bonchev–Trinajstić information content (AvgIpc) is 2.43. The number of hydrogen-bond donors (Lipinski definition) is 5. The van der Waals surface area contributed by atoms with Gasteiger partial charge in [0.05, 0.1) is 11.7 Å². The lowest BCUT2D eigenvalue weighted by Gasteiger charge is -2.21. The van der Waals surface area contributed by atoms with Crippen LogP contribution in [0, 0.1) is 5.21 Å². The summed E-state index contributed by atoms with van der Waals surface area (Å²) in [5.74, 6) is -0.347. The first-order valence-corrected chi connectivity index (χ1v) is 6.28. The van der Waals surface area contributed by atoms with Crippen molar-refractivity contribution in [3.05, 3.63) is 29.5 Å². The Hall–Kier alpha value is -2.36. The zero-order valence-electron chi connectivity index (χ0n) is 11.4. The first-order chi connectivity index (χ1) is 9.90. The van der Waals surface area contributed by atoms with E-state index in [1.165, 1.54) is 24.3 Å². The van der Waals surface area contributed by atoms with E-state index in [0.717, 1.165) is 0 Å². The van der Waals surface area contributed by atoms with Crippen LogP contribution in [0.15, 0.2) is 29.3 Å². The van der Waals surface area contributed by atoms with E-state index in [1.807, 2.05) is 0 Å². The minimum Gasteiger partial charge on any atom is -0.733 e. The largest absolute Gasteiger partial charge is 0.733 e. The Bertz CT molecular complexity index is 484. The lowest BCUT2D eigenvalue weighted by molar-refractivity contribution is -0.117. The van der Waals surface area contributed by atoms with E-state index in [1.54, 1.807) is 0 Å². The highest BCUT2D eigenvalue weighted by Gasteiger charge is 2.13. The van der Waals surface area contributed by atoms with Crippen molar-refractivity contribution in [1.82, 2.24) is 0 Å². The second-order valence-corrected chi connectivity index (χ2v) is 4.36. The quantitative estimate of drug-likeness (QED) is 0.199. The highest BCUT2D eigenvalue weighted by atomic mass is 16.8. The SMILES string of the molecule is NC(N)=NCCCC(N)C(=O)Nc1ccc(N([O-])O)cc1. The van der Waals surface area contributed by atoms with Gasteiger partial charge in [-0.15, -0.1) is 0 Å². The molecule has 0 aliphatic rings. The van der Waals surface area contributed by atoms with Gasteiger partial charge in [0.2, 0.25) is 5.91 Å². The van der Waals surface area contributed by atoms with E-state index in [0.29, 0.717) is 25.1 Å². The van der Waals surface area contributed by atoms with Gasteiger partial charge >= 0.3 is 0 Å². The number of amides is 1. The van der Waals surface area contributed by atoms with E-state index in [4.69, 9.17) is 22.4 Å². The summed E-state index contributed by atoms with van der Waals surface area (Å²) in [6.07, 6.45) is 1.02. The minimum atomic E-state index is -0.687. The molecule has 116 valence electrons. The lowest BCUT2D eigenvalue weighted by atomic mass is 10.1. The fraction of sp³-hybridized carbons (Fsp3) is 0.333. The third kappa shape index (κ3) is 6.08. The van der Waals surface area contributed by atoms with E-state index in [-0.39, 0.29) is 22.8 Å². The number of guanidine groups is 1. The molecule has 1 aromatic rings. The van der Waals surface area contributed by atoms with Gasteiger partial charge in [-0.3, -0.25) is 15.0 Å². The second kappa shape index (κ2) is 8.04. The van der Waals surface area contributed by atoms with Crippen molar-refractivity contribution in [2.45, 2.75) is 18.9 Å². The molecule has 1 atom stereocenters. The van der Waals surface area contributed by atoms with E-state index >= 15 is 0 Å². The number of hydrogen-bond acceptors (Lipinski definition) is 6. The molecule has 0 aromatic heterocycles. The Morgan fingerprint density at radius 1 is 1.38 bits per heavy atom. The molecule has 1 amide bonds. The van der Waals surface area contributed by atoms with E-state index in [2.05, 4.69) is 10.3 Å². The van der Waals surface area contributed by atoms with Gasteiger partial charge in [0.25, 0.3) is 0 Å².